The number of fused-ring (bicyclic) bond motifs is 4. The van der Waals surface area contributed by atoms with Crippen LogP contribution in [0.3, 0.4) is 0 Å². The topological polar surface area (TPSA) is 76.6 Å². The summed E-state index contributed by atoms with van der Waals surface area (Å²) in [7, 11) is 0. The molecule has 0 radical (unpaired) electrons. The number of Topliss-reactive ketones (excluding diaryl/α,β-unsaturated/α-hetero) is 1. The van der Waals surface area contributed by atoms with Crippen LogP contribution in [0.4, 0.5) is 5.69 Å². The zero-order chi connectivity index (χ0) is 28.3. The lowest BCUT2D eigenvalue weighted by Crippen LogP contribution is -2.39. The highest BCUT2D eigenvalue weighted by atomic mass is 35.5. The van der Waals surface area contributed by atoms with Crippen molar-refractivity contribution in [3.05, 3.63) is 137 Å². The van der Waals surface area contributed by atoms with Crippen molar-refractivity contribution >= 4 is 46.6 Å². The van der Waals surface area contributed by atoms with Gasteiger partial charge >= 0.3 is 0 Å². The quantitative estimate of drug-likeness (QED) is 0.205. The first-order valence-electron chi connectivity index (χ1n) is 13.7. The van der Waals surface area contributed by atoms with Crippen molar-refractivity contribution in [2.24, 2.45) is 0 Å². The van der Waals surface area contributed by atoms with Gasteiger partial charge in [0.25, 0.3) is 11.8 Å². The van der Waals surface area contributed by atoms with E-state index in [0.717, 1.165) is 11.1 Å². The van der Waals surface area contributed by atoms with Crippen LogP contribution >= 0.6 is 12.4 Å². The van der Waals surface area contributed by atoms with Gasteiger partial charge in [0.05, 0.1) is 28.9 Å². The van der Waals surface area contributed by atoms with Gasteiger partial charge in [-0.25, -0.2) is 4.90 Å². The van der Waals surface area contributed by atoms with Crippen molar-refractivity contribution in [1.82, 2.24) is 4.98 Å². The van der Waals surface area contributed by atoms with Crippen LogP contribution in [0, 0.1) is 0 Å². The molecule has 4 aromatic carbocycles. The summed E-state index contributed by atoms with van der Waals surface area (Å²) in [5, 5.41) is 0.635. The Labute approximate surface area is 250 Å². The van der Waals surface area contributed by atoms with Crippen LogP contribution in [0.1, 0.15) is 67.9 Å². The first kappa shape index (κ1) is 28.7. The number of hydrogen-bond donors (Lipinski definition) is 0. The van der Waals surface area contributed by atoms with Gasteiger partial charge in [-0.1, -0.05) is 79.7 Å². The molecule has 1 atom stereocenters. The Bertz CT molecular complexity index is 1780. The number of halogens is 1. The lowest BCUT2D eigenvalue weighted by Gasteiger charge is -2.29. The maximum atomic E-state index is 14.6. The van der Waals surface area contributed by atoms with E-state index in [-0.39, 0.29) is 48.3 Å². The van der Waals surface area contributed by atoms with Crippen LogP contribution in [0.25, 0.3) is 10.9 Å². The van der Waals surface area contributed by atoms with Gasteiger partial charge in [-0.3, -0.25) is 19.4 Å². The smallest absolute Gasteiger partial charge is 0.266 e. The average molecular weight is 577 g/mol. The molecule has 0 N–H and O–H groups in total. The minimum Gasteiger partial charge on any atom is -0.493 e. The Morgan fingerprint density at radius 3 is 2.36 bits per heavy atom. The van der Waals surface area contributed by atoms with E-state index in [4.69, 9.17) is 4.74 Å². The zero-order valence-electron chi connectivity index (χ0n) is 23.0. The largest absolute Gasteiger partial charge is 0.493 e. The highest BCUT2D eigenvalue weighted by Crippen LogP contribution is 2.42. The average Bonchev–Trinajstić information content (AvgIpc) is 3.02. The molecule has 2 bridgehead atoms. The predicted octanol–water partition coefficient (Wildman–Crippen LogP) is 7.65. The number of anilines is 1. The number of nitrogens with zero attached hydrogens (tertiary/aromatic N) is 2. The number of carbonyl (C=O) groups is 3. The lowest BCUT2D eigenvalue weighted by atomic mass is 9.86. The minimum absolute atomic E-state index is 0. The van der Waals surface area contributed by atoms with Crippen molar-refractivity contribution in [2.75, 3.05) is 11.5 Å². The van der Waals surface area contributed by atoms with E-state index in [1.54, 1.807) is 48.7 Å². The van der Waals surface area contributed by atoms with Gasteiger partial charge in [0.1, 0.15) is 5.75 Å². The number of imide groups is 1. The van der Waals surface area contributed by atoms with Crippen molar-refractivity contribution in [1.29, 1.82) is 0 Å². The molecule has 0 aliphatic carbocycles. The molecule has 1 aromatic heterocycles. The van der Waals surface area contributed by atoms with Crippen molar-refractivity contribution < 1.29 is 19.1 Å². The second-order valence-corrected chi connectivity index (χ2v) is 9.95. The summed E-state index contributed by atoms with van der Waals surface area (Å²) in [5.41, 5.74) is 3.62. The molecular weight excluding hydrogens is 548 g/mol. The minimum atomic E-state index is -0.567. The van der Waals surface area contributed by atoms with E-state index >= 15 is 0 Å². The van der Waals surface area contributed by atoms with Gasteiger partial charge in [0, 0.05) is 35.0 Å². The SMILES string of the molecule is CC[C@@H](c1ccccc1)c1c2cccc1N(C(=O)c1ccnc3ccccc13)C(=O)c1ccccc1C(=O)CCO2.Cl. The van der Waals surface area contributed by atoms with E-state index < -0.39 is 11.8 Å². The van der Waals surface area contributed by atoms with Crippen molar-refractivity contribution in [3.8, 4) is 5.75 Å². The van der Waals surface area contributed by atoms with E-state index in [1.807, 2.05) is 60.7 Å². The fourth-order valence-electron chi connectivity index (χ4n) is 5.63. The highest BCUT2D eigenvalue weighted by Gasteiger charge is 2.34. The fraction of sp³-hybridized carbons (Fsp3) is 0.143. The van der Waals surface area contributed by atoms with Gasteiger partial charge in [0.15, 0.2) is 5.78 Å². The molecule has 42 heavy (non-hydrogen) atoms. The Morgan fingerprint density at radius 1 is 0.857 bits per heavy atom. The number of benzene rings is 4. The maximum Gasteiger partial charge on any atom is 0.266 e. The molecule has 0 spiro atoms. The number of aromatic nitrogens is 1. The highest BCUT2D eigenvalue weighted by molar-refractivity contribution is 6.30. The first-order valence-corrected chi connectivity index (χ1v) is 13.7. The summed E-state index contributed by atoms with van der Waals surface area (Å²) in [6.45, 7) is 2.21. The summed E-state index contributed by atoms with van der Waals surface area (Å²) < 4.78 is 6.26. The predicted molar refractivity (Wildman–Crippen MR) is 166 cm³/mol. The zero-order valence-corrected chi connectivity index (χ0v) is 23.8. The van der Waals surface area contributed by atoms with E-state index in [2.05, 4.69) is 11.9 Å². The maximum absolute atomic E-state index is 14.6. The van der Waals surface area contributed by atoms with Crippen LogP contribution in [0.5, 0.6) is 5.75 Å². The molecule has 210 valence electrons. The number of pyridine rings is 1. The van der Waals surface area contributed by atoms with Crippen LogP contribution in [-0.2, 0) is 0 Å². The monoisotopic (exact) mass is 576 g/mol. The van der Waals surface area contributed by atoms with Gasteiger partial charge in [-0.2, -0.15) is 0 Å². The molecule has 1 aliphatic heterocycles. The second-order valence-electron chi connectivity index (χ2n) is 9.95. The molecule has 0 saturated carbocycles. The van der Waals surface area contributed by atoms with E-state index in [9.17, 15) is 14.4 Å². The fourth-order valence-corrected chi connectivity index (χ4v) is 5.63. The molecular formula is C35H29ClN2O4. The lowest BCUT2D eigenvalue weighted by molar-refractivity contribution is 0.0887. The molecule has 7 heteroatoms. The Hall–Kier alpha value is -4.81. The molecule has 1 aliphatic rings. The van der Waals surface area contributed by atoms with Gasteiger partial charge in [-0.05, 0) is 42.3 Å². The van der Waals surface area contributed by atoms with Crippen LogP contribution < -0.4 is 9.64 Å². The van der Waals surface area contributed by atoms with E-state index in [1.165, 1.54) is 4.90 Å². The summed E-state index contributed by atoms with van der Waals surface area (Å²) in [5.74, 6) is -0.921. The number of ketones is 1. The van der Waals surface area contributed by atoms with Crippen LogP contribution in [0.2, 0.25) is 0 Å². The molecule has 0 unspecified atom stereocenters. The van der Waals surface area contributed by atoms with Crippen molar-refractivity contribution in [3.63, 3.8) is 0 Å². The number of ether oxygens (including phenoxy) is 1. The number of para-hydroxylation sites is 1. The Morgan fingerprint density at radius 2 is 1.57 bits per heavy atom. The molecule has 5 aromatic rings. The molecule has 0 fully saturated rings. The Balaban J connectivity index is 0.00000353. The summed E-state index contributed by atoms with van der Waals surface area (Å²) in [4.78, 5) is 48.1. The first-order chi connectivity index (χ1) is 20.1. The van der Waals surface area contributed by atoms with Gasteiger partial charge < -0.3 is 4.74 Å². The second kappa shape index (κ2) is 12.4. The third-order valence-corrected chi connectivity index (χ3v) is 7.57. The van der Waals surface area contributed by atoms with Crippen molar-refractivity contribution in [2.45, 2.75) is 25.7 Å². The number of hydrogen-bond acceptors (Lipinski definition) is 5. The van der Waals surface area contributed by atoms with Crippen LogP contribution in [-0.4, -0.2) is 29.2 Å². The molecule has 6 nitrogen and oxygen atoms in total. The molecule has 0 saturated heterocycles. The number of amides is 2. The molecule has 6 rings (SSSR count). The molecule has 2 heterocycles. The van der Waals surface area contributed by atoms with Crippen LogP contribution in [0.15, 0.2) is 109 Å². The number of rotatable bonds is 4. The third-order valence-electron chi connectivity index (χ3n) is 7.57. The third kappa shape index (κ3) is 5.17. The summed E-state index contributed by atoms with van der Waals surface area (Å²) in [6, 6.07) is 31.1. The van der Waals surface area contributed by atoms with Gasteiger partial charge in [0.2, 0.25) is 0 Å². The molecule has 2 amide bonds. The van der Waals surface area contributed by atoms with Gasteiger partial charge in [-0.15, -0.1) is 12.4 Å². The number of carbonyl (C=O) groups excluding carboxylic acids is 3. The standard InChI is InChI=1S/C35H28N2O4.ClH/c1-2-24(23-11-4-3-5-12-23)33-30-17-10-18-32(33)41-22-20-31(38)26-14-6-7-15-27(26)34(39)37(30)35(40)28-19-21-36-29-16-9-8-13-25(28)29;/h3-19,21,24H,2,20,22H2,1H3;1H/t24-;/m0./s1. The Kier molecular flexibility index (Phi) is 8.46. The summed E-state index contributed by atoms with van der Waals surface area (Å²) in [6.07, 6.45) is 2.36. The van der Waals surface area contributed by atoms with E-state index in [0.29, 0.717) is 34.3 Å². The summed E-state index contributed by atoms with van der Waals surface area (Å²) >= 11 is 0. The normalized spacial score (nSPS) is 13.8.